The molecule has 2 N–H and O–H groups in total. The topological polar surface area (TPSA) is 119 Å². The Labute approximate surface area is 236 Å². The van der Waals surface area contributed by atoms with E-state index in [1.807, 2.05) is 60.7 Å². The van der Waals surface area contributed by atoms with Gasteiger partial charge in [-0.2, -0.15) is 0 Å². The molecule has 0 spiro atoms. The van der Waals surface area contributed by atoms with E-state index in [1.54, 1.807) is 36.4 Å². The van der Waals surface area contributed by atoms with Crippen molar-refractivity contribution in [1.82, 2.24) is 0 Å². The van der Waals surface area contributed by atoms with Crippen molar-refractivity contribution in [2.45, 2.75) is 0 Å². The lowest BCUT2D eigenvalue weighted by Gasteiger charge is -2.09. The standard InChI is InChI=1S/C34H20N2O6/c37-31(27-17-25-23-7-3-1-5-19(23)9-15-29(25)41-33(27)39)35-21-11-13-22(14-12-21)36-32(38)28-18-26-24-8-4-2-6-20(24)10-16-30(26)42-34(28)40/h1-18H,(H,35,37)(H,36,38). The smallest absolute Gasteiger partial charge is 0.349 e. The van der Waals surface area contributed by atoms with E-state index in [2.05, 4.69) is 10.6 Å². The van der Waals surface area contributed by atoms with Gasteiger partial charge in [0.1, 0.15) is 22.3 Å². The summed E-state index contributed by atoms with van der Waals surface area (Å²) in [7, 11) is 0. The molecule has 0 aliphatic heterocycles. The van der Waals surface area contributed by atoms with Crippen LogP contribution >= 0.6 is 0 Å². The SMILES string of the molecule is O=C(Nc1ccc(NC(=O)c2cc3c(ccc4ccccc43)oc2=O)cc1)c1cc2c(ccc3ccccc32)oc1=O. The summed E-state index contributed by atoms with van der Waals surface area (Å²) in [5.41, 5.74) is -0.187. The Morgan fingerprint density at radius 2 is 0.881 bits per heavy atom. The number of anilines is 2. The van der Waals surface area contributed by atoms with Gasteiger partial charge < -0.3 is 19.5 Å². The number of hydrogen-bond acceptors (Lipinski definition) is 6. The molecule has 2 aromatic heterocycles. The predicted octanol–water partition coefficient (Wildman–Crippen LogP) is 6.71. The van der Waals surface area contributed by atoms with Crippen LogP contribution in [-0.4, -0.2) is 11.8 Å². The molecule has 7 rings (SSSR count). The molecule has 0 saturated heterocycles. The van der Waals surface area contributed by atoms with Crippen molar-refractivity contribution in [2.24, 2.45) is 0 Å². The first-order valence-electron chi connectivity index (χ1n) is 13.1. The monoisotopic (exact) mass is 552 g/mol. The fourth-order valence-corrected chi connectivity index (χ4v) is 5.09. The summed E-state index contributed by atoms with van der Waals surface area (Å²) in [6.07, 6.45) is 0. The van der Waals surface area contributed by atoms with Gasteiger partial charge in [0.05, 0.1) is 0 Å². The fourth-order valence-electron chi connectivity index (χ4n) is 5.09. The maximum Gasteiger partial charge on any atom is 0.349 e. The second kappa shape index (κ2) is 9.87. The number of carbonyl (C=O) groups is 2. The maximum atomic E-state index is 13.0. The quantitative estimate of drug-likeness (QED) is 0.185. The van der Waals surface area contributed by atoms with Crippen molar-refractivity contribution in [2.75, 3.05) is 10.6 Å². The summed E-state index contributed by atoms with van der Waals surface area (Å²) in [5.74, 6) is -1.26. The van der Waals surface area contributed by atoms with Crippen molar-refractivity contribution in [3.63, 3.8) is 0 Å². The van der Waals surface area contributed by atoms with Gasteiger partial charge in [-0.25, -0.2) is 9.59 Å². The molecular formula is C34H20N2O6. The molecule has 0 aliphatic rings. The van der Waals surface area contributed by atoms with Crippen molar-refractivity contribution in [3.05, 3.63) is 141 Å². The van der Waals surface area contributed by atoms with Crippen LogP contribution < -0.4 is 21.9 Å². The minimum atomic E-state index is -0.749. The van der Waals surface area contributed by atoms with Crippen LogP contribution in [-0.2, 0) is 0 Å². The van der Waals surface area contributed by atoms with Gasteiger partial charge in [-0.1, -0.05) is 60.7 Å². The second-order valence-electron chi connectivity index (χ2n) is 9.78. The Bertz CT molecular complexity index is 2170. The molecule has 0 saturated carbocycles. The first-order chi connectivity index (χ1) is 20.4. The van der Waals surface area contributed by atoms with Crippen molar-refractivity contribution in [1.29, 1.82) is 0 Å². The molecule has 2 amide bonds. The van der Waals surface area contributed by atoms with Crippen molar-refractivity contribution in [3.8, 4) is 0 Å². The lowest BCUT2D eigenvalue weighted by Crippen LogP contribution is -2.21. The molecule has 42 heavy (non-hydrogen) atoms. The predicted molar refractivity (Wildman–Crippen MR) is 162 cm³/mol. The minimum absolute atomic E-state index is 0.133. The summed E-state index contributed by atoms with van der Waals surface area (Å²) < 4.78 is 10.9. The zero-order valence-corrected chi connectivity index (χ0v) is 21.8. The van der Waals surface area contributed by atoms with Gasteiger partial charge in [-0.05, 0) is 70.1 Å². The van der Waals surface area contributed by atoms with Gasteiger partial charge in [0, 0.05) is 22.1 Å². The molecule has 0 atom stereocenters. The molecule has 0 unspecified atom stereocenters. The van der Waals surface area contributed by atoms with Crippen LogP contribution in [0.2, 0.25) is 0 Å². The molecule has 0 bridgehead atoms. The second-order valence-corrected chi connectivity index (χ2v) is 9.78. The van der Waals surface area contributed by atoms with Crippen LogP contribution in [0.1, 0.15) is 20.7 Å². The van der Waals surface area contributed by atoms with Gasteiger partial charge >= 0.3 is 11.3 Å². The minimum Gasteiger partial charge on any atom is -0.422 e. The Hall–Kier alpha value is -6.02. The van der Waals surface area contributed by atoms with Gasteiger partial charge in [0.25, 0.3) is 11.8 Å². The zero-order chi connectivity index (χ0) is 28.8. The largest absolute Gasteiger partial charge is 0.422 e. The highest BCUT2D eigenvalue weighted by molar-refractivity contribution is 6.12. The Morgan fingerprint density at radius 3 is 1.31 bits per heavy atom. The summed E-state index contributed by atoms with van der Waals surface area (Å²) in [4.78, 5) is 51.2. The summed E-state index contributed by atoms with van der Waals surface area (Å²) in [5, 5.41) is 10.3. The fraction of sp³-hybridized carbons (Fsp3) is 0. The van der Waals surface area contributed by atoms with Crippen molar-refractivity contribution >= 4 is 66.7 Å². The molecule has 0 aliphatic carbocycles. The van der Waals surface area contributed by atoms with E-state index in [4.69, 9.17) is 8.83 Å². The molecule has 0 fully saturated rings. The third-order valence-corrected chi connectivity index (χ3v) is 7.17. The Morgan fingerprint density at radius 1 is 0.476 bits per heavy atom. The zero-order valence-electron chi connectivity index (χ0n) is 21.8. The number of hydrogen-bond donors (Lipinski definition) is 2. The van der Waals surface area contributed by atoms with E-state index in [-0.39, 0.29) is 11.1 Å². The first kappa shape index (κ1) is 25.0. The molecule has 8 heteroatoms. The third-order valence-electron chi connectivity index (χ3n) is 7.17. The van der Waals surface area contributed by atoms with Crippen LogP contribution in [0.15, 0.2) is 128 Å². The van der Waals surface area contributed by atoms with Crippen LogP contribution in [0.3, 0.4) is 0 Å². The van der Waals surface area contributed by atoms with Gasteiger partial charge in [0.2, 0.25) is 0 Å². The number of benzene rings is 5. The number of amides is 2. The molecule has 2 heterocycles. The summed E-state index contributed by atoms with van der Waals surface area (Å²) in [6, 6.07) is 31.7. The van der Waals surface area contributed by atoms with E-state index < -0.39 is 23.1 Å². The highest BCUT2D eigenvalue weighted by Gasteiger charge is 2.17. The van der Waals surface area contributed by atoms with Crippen molar-refractivity contribution < 1.29 is 18.4 Å². The van der Waals surface area contributed by atoms with E-state index in [1.165, 1.54) is 12.1 Å². The van der Waals surface area contributed by atoms with E-state index in [0.29, 0.717) is 33.3 Å². The first-order valence-corrected chi connectivity index (χ1v) is 13.1. The number of rotatable bonds is 4. The number of carbonyl (C=O) groups excluding carboxylic acids is 2. The van der Waals surface area contributed by atoms with E-state index >= 15 is 0 Å². The number of nitrogens with one attached hydrogen (secondary N) is 2. The molecule has 5 aromatic carbocycles. The summed E-state index contributed by atoms with van der Waals surface area (Å²) >= 11 is 0. The Kier molecular flexibility index (Phi) is 5.87. The molecule has 8 nitrogen and oxygen atoms in total. The van der Waals surface area contributed by atoms with E-state index in [9.17, 15) is 19.2 Å². The molecule has 7 aromatic rings. The highest BCUT2D eigenvalue weighted by atomic mass is 16.4. The maximum absolute atomic E-state index is 13.0. The van der Waals surface area contributed by atoms with Crippen LogP contribution in [0.25, 0.3) is 43.5 Å². The molecular weight excluding hydrogens is 532 g/mol. The average molecular weight is 553 g/mol. The Balaban J connectivity index is 1.12. The number of fused-ring (bicyclic) bond motifs is 6. The molecule has 0 radical (unpaired) electrons. The van der Waals surface area contributed by atoms with Gasteiger partial charge in [-0.3, -0.25) is 9.59 Å². The average Bonchev–Trinajstić information content (AvgIpc) is 3.01. The van der Waals surface area contributed by atoms with E-state index in [0.717, 1.165) is 21.5 Å². The van der Waals surface area contributed by atoms with Gasteiger partial charge in [-0.15, -0.1) is 0 Å². The third kappa shape index (κ3) is 4.37. The lowest BCUT2D eigenvalue weighted by molar-refractivity contribution is 0.101. The lowest BCUT2D eigenvalue weighted by atomic mass is 10.0. The van der Waals surface area contributed by atoms with Crippen LogP contribution in [0, 0.1) is 0 Å². The normalized spacial score (nSPS) is 11.2. The highest BCUT2D eigenvalue weighted by Crippen LogP contribution is 2.27. The molecule has 202 valence electrons. The van der Waals surface area contributed by atoms with Gasteiger partial charge in [0.15, 0.2) is 0 Å². The summed E-state index contributed by atoms with van der Waals surface area (Å²) in [6.45, 7) is 0. The van der Waals surface area contributed by atoms with Crippen LogP contribution in [0.5, 0.6) is 0 Å². The van der Waals surface area contributed by atoms with Crippen LogP contribution in [0.4, 0.5) is 11.4 Å².